The first kappa shape index (κ1) is 29.3. The van der Waals surface area contributed by atoms with E-state index in [0.717, 1.165) is 25.5 Å². The van der Waals surface area contributed by atoms with Gasteiger partial charge in [0.15, 0.2) is 0 Å². The molecule has 3 aromatic carbocycles. The van der Waals surface area contributed by atoms with Gasteiger partial charge in [-0.3, -0.25) is 14.2 Å². The fraction of sp³-hybridized carbons (Fsp3) is 0.267. The largest absolute Gasteiger partial charge is 0.458 e. The van der Waals surface area contributed by atoms with Crippen molar-refractivity contribution in [1.29, 1.82) is 0 Å². The zero-order valence-electron chi connectivity index (χ0n) is 22.9. The predicted octanol–water partition coefficient (Wildman–Crippen LogP) is 7.49. The van der Waals surface area contributed by atoms with Gasteiger partial charge in [-0.1, -0.05) is 56.3 Å². The van der Waals surface area contributed by atoms with E-state index in [2.05, 4.69) is 5.32 Å². The van der Waals surface area contributed by atoms with E-state index in [1.54, 1.807) is 82.4 Å². The minimum absolute atomic E-state index is 0.283. The van der Waals surface area contributed by atoms with E-state index < -0.39 is 35.0 Å². The molecule has 4 aromatic rings. The van der Waals surface area contributed by atoms with Crippen LogP contribution in [0.4, 0.5) is 16.2 Å². The van der Waals surface area contributed by atoms with Gasteiger partial charge in [0, 0.05) is 15.5 Å². The van der Waals surface area contributed by atoms with E-state index in [1.165, 1.54) is 0 Å². The lowest BCUT2D eigenvalue weighted by Gasteiger charge is -2.33. The number of hydrogen-bond acceptors (Lipinski definition) is 6. The summed E-state index contributed by atoms with van der Waals surface area (Å²) in [6, 6.07) is 20.8. The van der Waals surface area contributed by atoms with Crippen molar-refractivity contribution < 1.29 is 27.8 Å². The first-order chi connectivity index (χ1) is 18.9. The smallest absolute Gasteiger partial charge is 0.417 e. The number of amides is 1. The SMILES string of the molecule is CC(C)C(C(=O)OC(C)(C)C)N(c1ccc(-c2ccc(OC(=O)Nc3csc4ccccc34)cc2)cc1)S(=O)O. The Morgan fingerprint density at radius 2 is 1.55 bits per heavy atom. The van der Waals surface area contributed by atoms with Gasteiger partial charge < -0.3 is 9.47 Å². The molecular formula is C30H32N2O6S2. The summed E-state index contributed by atoms with van der Waals surface area (Å²) in [6.45, 7) is 8.87. The molecule has 0 bridgehead atoms. The lowest BCUT2D eigenvalue weighted by atomic mass is 10.0. The van der Waals surface area contributed by atoms with Crippen LogP contribution < -0.4 is 14.4 Å². The van der Waals surface area contributed by atoms with Gasteiger partial charge in [-0.25, -0.2) is 13.8 Å². The number of esters is 1. The average Bonchev–Trinajstić information content (AvgIpc) is 3.29. The number of fused-ring (bicyclic) bond motifs is 1. The maximum Gasteiger partial charge on any atom is 0.417 e. The molecule has 0 radical (unpaired) electrons. The highest BCUT2D eigenvalue weighted by molar-refractivity contribution is 7.80. The fourth-order valence-electron chi connectivity index (χ4n) is 4.18. The molecule has 1 amide bonds. The van der Waals surface area contributed by atoms with Crippen LogP contribution in [0.1, 0.15) is 34.6 Å². The number of thiophene rings is 1. The molecule has 0 spiro atoms. The van der Waals surface area contributed by atoms with E-state index in [1.807, 2.05) is 41.8 Å². The summed E-state index contributed by atoms with van der Waals surface area (Å²) in [7, 11) is 0. The van der Waals surface area contributed by atoms with Crippen molar-refractivity contribution in [2.75, 3.05) is 9.62 Å². The molecule has 0 fully saturated rings. The maximum atomic E-state index is 12.9. The Morgan fingerprint density at radius 3 is 2.12 bits per heavy atom. The molecule has 2 N–H and O–H groups in total. The maximum absolute atomic E-state index is 12.9. The number of anilines is 2. The monoisotopic (exact) mass is 580 g/mol. The Hall–Kier alpha value is -3.73. The molecule has 1 aromatic heterocycles. The number of hydrogen-bond donors (Lipinski definition) is 2. The molecule has 0 aliphatic heterocycles. The molecule has 10 heteroatoms. The Labute approximate surface area is 240 Å². The third kappa shape index (κ3) is 7.07. The zero-order valence-corrected chi connectivity index (χ0v) is 24.5. The van der Waals surface area contributed by atoms with Crippen LogP contribution in [0.3, 0.4) is 0 Å². The first-order valence-corrected chi connectivity index (χ1v) is 14.7. The number of ether oxygens (including phenoxy) is 2. The quantitative estimate of drug-likeness (QED) is 0.165. The van der Waals surface area contributed by atoms with Crippen molar-refractivity contribution in [3.05, 3.63) is 78.2 Å². The van der Waals surface area contributed by atoms with Gasteiger partial charge in [0.2, 0.25) is 0 Å². The van der Waals surface area contributed by atoms with E-state index >= 15 is 0 Å². The van der Waals surface area contributed by atoms with Crippen LogP contribution in [0.25, 0.3) is 21.2 Å². The molecule has 0 saturated carbocycles. The molecule has 0 aliphatic rings. The van der Waals surface area contributed by atoms with Crippen LogP contribution in [-0.2, 0) is 20.8 Å². The van der Waals surface area contributed by atoms with Crippen LogP contribution in [0, 0.1) is 5.92 Å². The lowest BCUT2D eigenvalue weighted by molar-refractivity contribution is -0.157. The van der Waals surface area contributed by atoms with Gasteiger partial charge in [-0.05, 0) is 68.1 Å². The summed E-state index contributed by atoms with van der Waals surface area (Å²) >= 11 is -0.910. The highest BCUT2D eigenvalue weighted by Crippen LogP contribution is 2.31. The van der Waals surface area contributed by atoms with Crippen LogP contribution in [0.2, 0.25) is 0 Å². The lowest BCUT2D eigenvalue weighted by Crippen LogP contribution is -2.48. The highest BCUT2D eigenvalue weighted by Gasteiger charge is 2.36. The predicted molar refractivity (Wildman–Crippen MR) is 161 cm³/mol. The molecule has 2 unspecified atom stereocenters. The van der Waals surface area contributed by atoms with Crippen molar-refractivity contribution in [2.45, 2.75) is 46.3 Å². The van der Waals surface area contributed by atoms with E-state index in [-0.39, 0.29) is 5.92 Å². The van der Waals surface area contributed by atoms with Gasteiger partial charge in [0.05, 0.1) is 11.4 Å². The third-order valence-electron chi connectivity index (χ3n) is 5.94. The summed E-state index contributed by atoms with van der Waals surface area (Å²) in [6.07, 6.45) is -0.581. The molecule has 2 atom stereocenters. The Morgan fingerprint density at radius 1 is 0.950 bits per heavy atom. The van der Waals surface area contributed by atoms with Crippen molar-refractivity contribution in [1.82, 2.24) is 0 Å². The van der Waals surface area contributed by atoms with Crippen LogP contribution in [-0.4, -0.2) is 32.5 Å². The summed E-state index contributed by atoms with van der Waals surface area (Å²) in [5.41, 5.74) is 2.07. The topological polar surface area (TPSA) is 105 Å². The second-order valence-corrected chi connectivity index (χ2v) is 12.3. The molecular weight excluding hydrogens is 548 g/mol. The molecule has 0 saturated heterocycles. The molecule has 40 heavy (non-hydrogen) atoms. The van der Waals surface area contributed by atoms with Crippen LogP contribution in [0.5, 0.6) is 5.75 Å². The van der Waals surface area contributed by atoms with Crippen molar-refractivity contribution in [2.24, 2.45) is 5.92 Å². The van der Waals surface area contributed by atoms with Gasteiger partial charge in [-0.2, -0.15) is 0 Å². The van der Waals surface area contributed by atoms with E-state index in [9.17, 15) is 18.4 Å². The minimum atomic E-state index is -2.46. The average molecular weight is 581 g/mol. The number of carbonyl (C=O) groups is 2. The number of nitrogens with one attached hydrogen (secondary N) is 1. The van der Waals surface area contributed by atoms with Crippen LogP contribution >= 0.6 is 11.3 Å². The van der Waals surface area contributed by atoms with Gasteiger partial charge in [0.1, 0.15) is 17.4 Å². The molecule has 4 rings (SSSR count). The second-order valence-electron chi connectivity index (χ2n) is 10.5. The summed E-state index contributed by atoms with van der Waals surface area (Å²) in [4.78, 5) is 25.4. The number of nitrogens with zero attached hydrogens (tertiary/aromatic N) is 1. The summed E-state index contributed by atoms with van der Waals surface area (Å²) in [5, 5.41) is 5.62. The molecule has 1 heterocycles. The Balaban J connectivity index is 1.46. The zero-order chi connectivity index (χ0) is 29.0. The minimum Gasteiger partial charge on any atom is -0.458 e. The van der Waals surface area contributed by atoms with E-state index in [4.69, 9.17) is 9.47 Å². The number of benzene rings is 3. The van der Waals surface area contributed by atoms with Crippen molar-refractivity contribution in [3.63, 3.8) is 0 Å². The van der Waals surface area contributed by atoms with Crippen molar-refractivity contribution >= 4 is 56.1 Å². The van der Waals surface area contributed by atoms with Gasteiger partial charge in [0.25, 0.3) is 11.3 Å². The number of rotatable bonds is 8. The summed E-state index contributed by atoms with van der Waals surface area (Å²) in [5.74, 6) is -0.467. The molecule has 0 aliphatic carbocycles. The normalized spacial score (nSPS) is 13.1. The Bertz CT molecular complexity index is 1510. The molecule has 8 nitrogen and oxygen atoms in total. The fourth-order valence-corrected chi connectivity index (χ4v) is 5.90. The highest BCUT2D eigenvalue weighted by atomic mass is 32.2. The molecule has 210 valence electrons. The second kappa shape index (κ2) is 12.2. The van der Waals surface area contributed by atoms with Crippen LogP contribution in [0.15, 0.2) is 78.2 Å². The Kier molecular flexibility index (Phi) is 8.92. The number of carbonyl (C=O) groups excluding carboxylic acids is 2. The van der Waals surface area contributed by atoms with E-state index in [0.29, 0.717) is 17.1 Å². The first-order valence-electron chi connectivity index (χ1n) is 12.7. The summed E-state index contributed by atoms with van der Waals surface area (Å²) < 4.78 is 35.7. The third-order valence-corrected chi connectivity index (χ3v) is 7.68. The van der Waals surface area contributed by atoms with Crippen molar-refractivity contribution in [3.8, 4) is 16.9 Å². The van der Waals surface area contributed by atoms with Gasteiger partial charge >= 0.3 is 12.1 Å². The van der Waals surface area contributed by atoms with Gasteiger partial charge in [-0.15, -0.1) is 11.3 Å². The standard InChI is InChI=1S/C30H32N2O6S2/c1-19(2)27(28(33)38-30(3,4)5)32(40(35)36)22-14-10-20(11-15-22)21-12-16-23(17-13-21)37-29(34)31-25-18-39-26-9-7-6-8-24(25)26/h6-19,27H,1-5H3,(H,31,34)(H,35,36).